The van der Waals surface area contributed by atoms with Gasteiger partial charge in [0.25, 0.3) is 0 Å². The van der Waals surface area contributed by atoms with Crippen molar-refractivity contribution in [2.45, 2.75) is 31.0 Å². The van der Waals surface area contributed by atoms with Crippen molar-refractivity contribution in [3.05, 3.63) is 95.8 Å². The molecule has 2 amide bonds. The van der Waals surface area contributed by atoms with E-state index in [-0.39, 0.29) is 30.9 Å². The Morgan fingerprint density at radius 1 is 1.07 bits per heavy atom. The number of ether oxygens (including phenoxy) is 1. The normalized spacial score (nSPS) is 18.0. The molecule has 2 aliphatic heterocycles. The van der Waals surface area contributed by atoms with Gasteiger partial charge in [-0.15, -0.1) is 0 Å². The summed E-state index contributed by atoms with van der Waals surface area (Å²) in [5, 5.41) is 6.82. The van der Waals surface area contributed by atoms with Gasteiger partial charge in [0, 0.05) is 24.3 Å². The molecule has 7 nitrogen and oxygen atoms in total. The molecule has 2 saturated heterocycles. The summed E-state index contributed by atoms with van der Waals surface area (Å²) >= 11 is 7.35. The van der Waals surface area contributed by atoms with E-state index in [1.807, 2.05) is 35.2 Å². The molecule has 2 aliphatic rings. The average molecular weight is 593 g/mol. The van der Waals surface area contributed by atoms with Crippen molar-refractivity contribution >= 4 is 46.6 Å². The van der Waals surface area contributed by atoms with Crippen LogP contribution in [0.5, 0.6) is 5.75 Å². The van der Waals surface area contributed by atoms with Gasteiger partial charge in [-0.3, -0.25) is 9.59 Å². The number of hydrogen-bond donors (Lipinski definition) is 2. The lowest BCUT2D eigenvalue weighted by atomic mass is 9.87. The first-order valence-electron chi connectivity index (χ1n) is 13.6. The molecule has 0 spiro atoms. The Labute approximate surface area is 249 Å². The predicted octanol–water partition coefficient (Wildman–Crippen LogP) is 5.00. The minimum atomic E-state index is -1.15. The van der Waals surface area contributed by atoms with Crippen LogP contribution in [0.2, 0.25) is 0 Å². The van der Waals surface area contributed by atoms with Crippen LogP contribution in [-0.4, -0.2) is 64.0 Å². The van der Waals surface area contributed by atoms with Gasteiger partial charge in [0.15, 0.2) is 5.11 Å². The quantitative estimate of drug-likeness (QED) is 0.339. The topological polar surface area (TPSA) is 73.9 Å². The second-order valence-corrected chi connectivity index (χ2v) is 11.8. The Kier molecular flexibility index (Phi) is 9.09. The van der Waals surface area contributed by atoms with E-state index in [0.29, 0.717) is 53.0 Å². The van der Waals surface area contributed by atoms with Gasteiger partial charge in [0.05, 0.1) is 19.7 Å². The minimum Gasteiger partial charge on any atom is -0.497 e. The molecule has 2 fully saturated rings. The summed E-state index contributed by atoms with van der Waals surface area (Å²) in [6.07, 6.45) is 0.907. The van der Waals surface area contributed by atoms with Crippen molar-refractivity contribution in [2.75, 3.05) is 37.0 Å². The maximum absolute atomic E-state index is 14.9. The van der Waals surface area contributed by atoms with E-state index in [4.69, 9.17) is 17.0 Å². The van der Waals surface area contributed by atoms with Crippen LogP contribution >= 0.6 is 24.0 Å². The van der Waals surface area contributed by atoms with Crippen LogP contribution < -0.4 is 15.4 Å². The van der Waals surface area contributed by atoms with Gasteiger partial charge in [-0.25, -0.2) is 4.39 Å². The zero-order valence-corrected chi connectivity index (χ0v) is 24.5. The number of nitrogens with one attached hydrogen (secondary N) is 2. The maximum Gasteiger partial charge on any atom is 0.250 e. The van der Waals surface area contributed by atoms with E-state index >= 15 is 0 Å². The molecule has 0 unspecified atom stereocenters. The van der Waals surface area contributed by atoms with Crippen molar-refractivity contribution in [1.29, 1.82) is 0 Å². The number of benzene rings is 3. The number of hydrogen-bond acceptors (Lipinski definition) is 5. The molecule has 0 aromatic heterocycles. The number of nitrogens with zero attached hydrogens (tertiary/aromatic N) is 2. The van der Waals surface area contributed by atoms with Gasteiger partial charge in [-0.05, 0) is 72.5 Å². The summed E-state index contributed by atoms with van der Waals surface area (Å²) in [5.74, 6) is 1.11. The van der Waals surface area contributed by atoms with Crippen LogP contribution in [0.15, 0.2) is 78.9 Å². The number of carbonyl (C=O) groups excluding carboxylic acids is 2. The Morgan fingerprint density at radius 2 is 1.76 bits per heavy atom. The van der Waals surface area contributed by atoms with E-state index in [2.05, 4.69) is 10.6 Å². The van der Waals surface area contributed by atoms with E-state index in [1.165, 1.54) is 6.07 Å². The number of anilines is 1. The highest BCUT2D eigenvalue weighted by Crippen LogP contribution is 2.36. The van der Waals surface area contributed by atoms with Gasteiger partial charge in [0.2, 0.25) is 11.8 Å². The van der Waals surface area contributed by atoms with E-state index in [9.17, 15) is 14.0 Å². The summed E-state index contributed by atoms with van der Waals surface area (Å²) in [4.78, 5) is 31.7. The van der Waals surface area contributed by atoms with Crippen LogP contribution in [0.25, 0.3) is 0 Å². The first kappa shape index (κ1) is 28.9. The van der Waals surface area contributed by atoms with Gasteiger partial charge in [-0.2, -0.15) is 11.8 Å². The molecule has 3 aromatic rings. The molecule has 3 aromatic carbocycles. The van der Waals surface area contributed by atoms with Crippen LogP contribution in [-0.2, 0) is 16.1 Å². The van der Waals surface area contributed by atoms with Crippen LogP contribution in [0.4, 0.5) is 10.1 Å². The van der Waals surface area contributed by atoms with Crippen molar-refractivity contribution in [2.24, 2.45) is 0 Å². The number of methoxy groups -OCH3 is 1. The molecule has 214 valence electrons. The molecular weight excluding hydrogens is 559 g/mol. The molecule has 0 aliphatic carbocycles. The molecule has 5 rings (SSSR count). The maximum atomic E-state index is 14.9. The fourth-order valence-electron chi connectivity index (χ4n) is 5.37. The number of thioether (sulfide) groups is 1. The number of halogens is 1. The van der Waals surface area contributed by atoms with E-state index in [1.54, 1.807) is 66.2 Å². The molecule has 1 atom stereocenters. The summed E-state index contributed by atoms with van der Waals surface area (Å²) < 4.78 is 20.2. The van der Waals surface area contributed by atoms with E-state index < -0.39 is 11.4 Å². The van der Waals surface area contributed by atoms with Crippen LogP contribution in [0, 0.1) is 5.82 Å². The summed E-state index contributed by atoms with van der Waals surface area (Å²) in [6.45, 7) is 0.472. The van der Waals surface area contributed by atoms with Crippen LogP contribution in [0.1, 0.15) is 30.0 Å². The fourth-order valence-corrected chi connectivity index (χ4v) is 6.82. The fraction of sp³-hybridized carbons (Fsp3) is 0.323. The number of rotatable bonds is 9. The Morgan fingerprint density at radius 3 is 2.44 bits per heavy atom. The standard InChI is InChI=1S/C31H33FN4O3S2/c1-39-25-13-11-24(12-14-25)33-29(38)31(15-17-41-18-16-31)36(19-23-9-5-6-10-26(23)32)28(37)21-35-20-27(34-30(35)40)22-7-3-2-4-8-22/h2-14,27H,15-21H2,1H3,(H,33,38)(H,34,40)/t27-/m1/s1. The second-order valence-electron chi connectivity index (χ2n) is 10.2. The summed E-state index contributed by atoms with van der Waals surface area (Å²) in [5.41, 5.74) is 0.882. The lowest BCUT2D eigenvalue weighted by Gasteiger charge is -2.45. The Bertz CT molecular complexity index is 1380. The Balaban J connectivity index is 1.44. The SMILES string of the molecule is COc1ccc(NC(=O)C2(N(Cc3ccccc3F)C(=O)CN3C[C@H](c4ccccc4)NC3=S)CCSCC2)cc1. The van der Waals surface area contributed by atoms with Crippen molar-refractivity contribution in [3.63, 3.8) is 0 Å². The zero-order valence-electron chi connectivity index (χ0n) is 22.8. The first-order valence-corrected chi connectivity index (χ1v) is 15.1. The van der Waals surface area contributed by atoms with Gasteiger partial charge in [0.1, 0.15) is 17.1 Å². The highest BCUT2D eigenvalue weighted by molar-refractivity contribution is 7.99. The smallest absolute Gasteiger partial charge is 0.250 e. The first-order chi connectivity index (χ1) is 19.9. The van der Waals surface area contributed by atoms with Crippen molar-refractivity contribution < 1.29 is 18.7 Å². The van der Waals surface area contributed by atoms with Gasteiger partial charge < -0.3 is 25.2 Å². The molecule has 41 heavy (non-hydrogen) atoms. The molecular formula is C31H33FN4O3S2. The Hall–Kier alpha value is -3.63. The average Bonchev–Trinajstić information content (AvgIpc) is 3.37. The highest BCUT2D eigenvalue weighted by atomic mass is 32.2. The second kappa shape index (κ2) is 12.9. The lowest BCUT2D eigenvalue weighted by molar-refractivity contribution is -0.147. The highest BCUT2D eigenvalue weighted by Gasteiger charge is 2.48. The molecule has 0 radical (unpaired) electrons. The molecule has 0 saturated carbocycles. The molecule has 2 N–H and O–H groups in total. The van der Waals surface area contributed by atoms with Crippen LogP contribution in [0.3, 0.4) is 0 Å². The number of thiocarbonyl (C=S) groups is 1. The third kappa shape index (κ3) is 6.49. The summed E-state index contributed by atoms with van der Waals surface area (Å²) in [7, 11) is 1.58. The van der Waals surface area contributed by atoms with Gasteiger partial charge >= 0.3 is 0 Å². The zero-order chi connectivity index (χ0) is 28.8. The minimum absolute atomic E-state index is 0.0195. The third-order valence-corrected chi connectivity index (χ3v) is 9.07. The third-order valence-electron chi connectivity index (χ3n) is 7.71. The van der Waals surface area contributed by atoms with Gasteiger partial charge in [-0.1, -0.05) is 48.5 Å². The molecule has 0 bridgehead atoms. The number of carbonyl (C=O) groups is 2. The van der Waals surface area contributed by atoms with E-state index in [0.717, 1.165) is 5.56 Å². The monoisotopic (exact) mass is 592 g/mol. The largest absolute Gasteiger partial charge is 0.497 e. The number of amides is 2. The molecule has 2 heterocycles. The van der Waals surface area contributed by atoms with Crippen molar-refractivity contribution in [1.82, 2.24) is 15.1 Å². The molecule has 10 heteroatoms. The van der Waals surface area contributed by atoms with Crippen molar-refractivity contribution in [3.8, 4) is 5.75 Å². The summed E-state index contributed by atoms with van der Waals surface area (Å²) in [6, 6.07) is 23.4. The lowest BCUT2D eigenvalue weighted by Crippen LogP contribution is -2.62. The predicted molar refractivity (Wildman–Crippen MR) is 164 cm³/mol.